The number of halogens is 1. The Hall–Kier alpha value is -0.420. The Balaban J connectivity index is 2.26. The molecule has 0 radical (unpaired) electrons. The number of nitrogens with two attached hydrogens (primary N) is 1. The van der Waals surface area contributed by atoms with Crippen molar-refractivity contribution < 1.29 is 0 Å². The predicted octanol–water partition coefficient (Wildman–Crippen LogP) is 2.78. The van der Waals surface area contributed by atoms with E-state index in [0.29, 0.717) is 18.6 Å². The fraction of sp³-hybridized carbons (Fsp3) is 0.625. The summed E-state index contributed by atoms with van der Waals surface area (Å²) in [6, 6.07) is 7.41. The van der Waals surface area contributed by atoms with Crippen molar-refractivity contribution >= 4 is 15.9 Å². The van der Waals surface area contributed by atoms with Crippen molar-refractivity contribution in [3.8, 4) is 0 Å². The average molecular weight is 340 g/mol. The summed E-state index contributed by atoms with van der Waals surface area (Å²) < 4.78 is 1.18. The van der Waals surface area contributed by atoms with Crippen LogP contribution in [-0.4, -0.2) is 49.1 Å². The molecule has 0 aliphatic carbocycles. The third-order valence-corrected chi connectivity index (χ3v) is 4.92. The van der Waals surface area contributed by atoms with Gasteiger partial charge in [0.2, 0.25) is 0 Å². The van der Waals surface area contributed by atoms with Crippen molar-refractivity contribution in [1.29, 1.82) is 0 Å². The number of rotatable bonds is 3. The maximum atomic E-state index is 6.11. The maximum Gasteiger partial charge on any atom is 0.0485 e. The van der Waals surface area contributed by atoms with Crippen LogP contribution in [-0.2, 0) is 0 Å². The number of hydrogen-bond donors (Lipinski definition) is 1. The van der Waals surface area contributed by atoms with Gasteiger partial charge in [0.25, 0.3) is 0 Å². The van der Waals surface area contributed by atoms with E-state index in [1.54, 1.807) is 0 Å². The zero-order valence-corrected chi connectivity index (χ0v) is 14.4. The van der Waals surface area contributed by atoms with Gasteiger partial charge in [-0.15, -0.1) is 0 Å². The highest BCUT2D eigenvalue weighted by molar-refractivity contribution is 9.10. The van der Waals surface area contributed by atoms with Crippen molar-refractivity contribution in [2.24, 2.45) is 5.73 Å². The first-order valence-corrected chi connectivity index (χ1v) is 8.22. The zero-order valence-electron chi connectivity index (χ0n) is 12.8. The molecule has 0 spiro atoms. The van der Waals surface area contributed by atoms with Crippen molar-refractivity contribution in [3.63, 3.8) is 0 Å². The van der Waals surface area contributed by atoms with E-state index < -0.39 is 0 Å². The zero-order chi connectivity index (χ0) is 14.7. The second-order valence-electron chi connectivity index (χ2n) is 5.98. The summed E-state index contributed by atoms with van der Waals surface area (Å²) >= 11 is 3.71. The van der Waals surface area contributed by atoms with Gasteiger partial charge in [-0.1, -0.05) is 28.1 Å². The number of likely N-dealkylation sites (N-methyl/N-ethyl adjacent to an activating group) is 1. The van der Waals surface area contributed by atoms with Crippen LogP contribution in [0.4, 0.5) is 0 Å². The highest BCUT2D eigenvalue weighted by atomic mass is 79.9. The number of hydrogen-bond acceptors (Lipinski definition) is 3. The van der Waals surface area contributed by atoms with Crippen LogP contribution in [0.1, 0.15) is 30.5 Å². The topological polar surface area (TPSA) is 32.5 Å². The molecular weight excluding hydrogens is 314 g/mol. The number of nitrogens with zero attached hydrogens (tertiary/aromatic N) is 2. The molecule has 2 N–H and O–H groups in total. The largest absolute Gasteiger partial charge is 0.329 e. The SMILES string of the molecule is Cc1ccc(C(CN)N2CCCN(C)CC2C)c(Br)c1. The molecule has 1 fully saturated rings. The maximum absolute atomic E-state index is 6.11. The molecule has 112 valence electrons. The Labute approximate surface area is 131 Å². The molecule has 4 heteroatoms. The van der Waals surface area contributed by atoms with E-state index in [0.717, 1.165) is 13.1 Å². The molecule has 20 heavy (non-hydrogen) atoms. The Morgan fingerprint density at radius 2 is 2.15 bits per heavy atom. The standard InChI is InChI=1S/C16H26BrN3/c1-12-5-6-14(15(17)9-12)16(10-18)20-8-4-7-19(3)11-13(20)2/h5-6,9,13,16H,4,7-8,10-11,18H2,1-3H3. The molecule has 0 amide bonds. The summed E-state index contributed by atoms with van der Waals surface area (Å²) in [6.07, 6.45) is 1.21. The van der Waals surface area contributed by atoms with Crippen LogP contribution in [0.25, 0.3) is 0 Å². The molecule has 1 aliphatic heterocycles. The highest BCUT2D eigenvalue weighted by Crippen LogP contribution is 2.30. The van der Waals surface area contributed by atoms with Gasteiger partial charge in [0.1, 0.15) is 0 Å². The van der Waals surface area contributed by atoms with E-state index >= 15 is 0 Å². The van der Waals surface area contributed by atoms with E-state index in [1.165, 1.54) is 28.6 Å². The summed E-state index contributed by atoms with van der Waals surface area (Å²) in [5.41, 5.74) is 8.71. The first-order valence-electron chi connectivity index (χ1n) is 7.43. The number of benzene rings is 1. The molecule has 0 bridgehead atoms. The van der Waals surface area contributed by atoms with E-state index in [9.17, 15) is 0 Å². The highest BCUT2D eigenvalue weighted by Gasteiger charge is 2.27. The molecule has 2 unspecified atom stereocenters. The third kappa shape index (κ3) is 3.61. The first-order chi connectivity index (χ1) is 9.52. The van der Waals surface area contributed by atoms with Crippen molar-refractivity contribution in [2.45, 2.75) is 32.4 Å². The molecule has 1 aromatic rings. The van der Waals surface area contributed by atoms with Crippen LogP contribution in [0, 0.1) is 6.92 Å². The summed E-state index contributed by atoms with van der Waals surface area (Å²) in [5.74, 6) is 0. The van der Waals surface area contributed by atoms with Crippen LogP contribution in [0.15, 0.2) is 22.7 Å². The molecule has 3 nitrogen and oxygen atoms in total. The lowest BCUT2D eigenvalue weighted by Gasteiger charge is -2.35. The van der Waals surface area contributed by atoms with E-state index in [1.807, 2.05) is 0 Å². The lowest BCUT2D eigenvalue weighted by atomic mass is 10.0. The smallest absolute Gasteiger partial charge is 0.0485 e. The van der Waals surface area contributed by atoms with Crippen LogP contribution >= 0.6 is 15.9 Å². The van der Waals surface area contributed by atoms with Gasteiger partial charge in [0.05, 0.1) is 0 Å². The van der Waals surface area contributed by atoms with Crippen LogP contribution < -0.4 is 5.73 Å². The van der Waals surface area contributed by atoms with Gasteiger partial charge in [0, 0.05) is 36.2 Å². The minimum atomic E-state index is 0.298. The second-order valence-corrected chi connectivity index (χ2v) is 6.83. The molecule has 0 aromatic heterocycles. The fourth-order valence-electron chi connectivity index (χ4n) is 3.20. The Bertz CT molecular complexity index is 449. The summed E-state index contributed by atoms with van der Waals surface area (Å²) in [5, 5.41) is 0. The lowest BCUT2D eigenvalue weighted by molar-refractivity contribution is 0.146. The van der Waals surface area contributed by atoms with E-state index in [-0.39, 0.29) is 0 Å². The van der Waals surface area contributed by atoms with Gasteiger partial charge < -0.3 is 10.6 Å². The summed E-state index contributed by atoms with van der Waals surface area (Å²) in [4.78, 5) is 4.99. The predicted molar refractivity (Wildman–Crippen MR) is 89.0 cm³/mol. The molecule has 0 saturated carbocycles. The molecule has 2 atom stereocenters. The lowest BCUT2D eigenvalue weighted by Crippen LogP contribution is -2.43. The number of aryl methyl sites for hydroxylation is 1. The summed E-state index contributed by atoms with van der Waals surface area (Å²) in [7, 11) is 2.21. The van der Waals surface area contributed by atoms with E-state index in [2.05, 4.69) is 64.8 Å². The van der Waals surface area contributed by atoms with Crippen molar-refractivity contribution in [3.05, 3.63) is 33.8 Å². The average Bonchev–Trinajstić information content (AvgIpc) is 2.54. The Kier molecular flexibility index (Phi) is 5.61. The van der Waals surface area contributed by atoms with Crippen LogP contribution in [0.5, 0.6) is 0 Å². The molecule has 2 rings (SSSR count). The van der Waals surface area contributed by atoms with Gasteiger partial charge in [-0.05, 0) is 51.1 Å². The van der Waals surface area contributed by atoms with Gasteiger partial charge in [-0.25, -0.2) is 0 Å². The van der Waals surface area contributed by atoms with Crippen LogP contribution in [0.3, 0.4) is 0 Å². The molecule has 1 heterocycles. The third-order valence-electron chi connectivity index (χ3n) is 4.24. The van der Waals surface area contributed by atoms with Crippen molar-refractivity contribution in [1.82, 2.24) is 9.80 Å². The first kappa shape index (κ1) is 16.0. The van der Waals surface area contributed by atoms with Gasteiger partial charge in [-0.2, -0.15) is 0 Å². The van der Waals surface area contributed by atoms with Gasteiger partial charge in [-0.3, -0.25) is 4.90 Å². The van der Waals surface area contributed by atoms with Gasteiger partial charge >= 0.3 is 0 Å². The minimum absolute atomic E-state index is 0.298. The molecular formula is C16H26BrN3. The minimum Gasteiger partial charge on any atom is -0.329 e. The second kappa shape index (κ2) is 7.03. The molecule has 1 aliphatic rings. The Morgan fingerprint density at radius 3 is 2.80 bits per heavy atom. The van der Waals surface area contributed by atoms with E-state index in [4.69, 9.17) is 5.73 Å². The Morgan fingerprint density at radius 1 is 1.40 bits per heavy atom. The molecule has 1 aromatic carbocycles. The normalized spacial score (nSPS) is 23.6. The van der Waals surface area contributed by atoms with Crippen molar-refractivity contribution in [2.75, 3.05) is 33.2 Å². The fourth-order valence-corrected chi connectivity index (χ4v) is 3.95. The quantitative estimate of drug-likeness (QED) is 0.918. The molecule has 1 saturated heterocycles. The van der Waals surface area contributed by atoms with Crippen LogP contribution in [0.2, 0.25) is 0 Å². The summed E-state index contributed by atoms with van der Waals surface area (Å²) in [6.45, 7) is 8.50. The van der Waals surface area contributed by atoms with Gasteiger partial charge in [0.15, 0.2) is 0 Å². The monoisotopic (exact) mass is 339 g/mol.